The molecule has 1 heterocycles. The van der Waals surface area contributed by atoms with Crippen LogP contribution in [0.2, 0.25) is 0 Å². The van der Waals surface area contributed by atoms with Crippen molar-refractivity contribution >= 4 is 19.9 Å². The number of nitrogens with two attached hydrogens (primary N) is 1. The molecule has 1 aromatic rings. The van der Waals surface area contributed by atoms with Crippen LogP contribution in [0.15, 0.2) is 23.1 Å². The second kappa shape index (κ2) is 5.91. The Morgan fingerprint density at radius 3 is 2.67 bits per heavy atom. The summed E-state index contributed by atoms with van der Waals surface area (Å²) < 4.78 is 54.8. The Hall–Kier alpha value is -1.16. The van der Waals surface area contributed by atoms with Crippen LogP contribution < -0.4 is 15.2 Å². The van der Waals surface area contributed by atoms with Gasteiger partial charge in [0.2, 0.25) is 10.0 Å². The average molecular weight is 334 g/mol. The summed E-state index contributed by atoms with van der Waals surface area (Å²) in [4.78, 5) is 0.0491. The highest BCUT2D eigenvalue weighted by atomic mass is 32.2. The van der Waals surface area contributed by atoms with Gasteiger partial charge in [-0.1, -0.05) is 0 Å². The predicted molar refractivity (Wildman–Crippen MR) is 78.3 cm³/mol. The zero-order chi connectivity index (χ0) is 15.7. The molecule has 1 aliphatic heterocycles. The summed E-state index contributed by atoms with van der Waals surface area (Å²) in [6, 6.07) is 3.79. The Kier molecular flexibility index (Phi) is 4.57. The Morgan fingerprint density at radius 2 is 2.14 bits per heavy atom. The molecule has 0 bridgehead atoms. The van der Waals surface area contributed by atoms with Crippen molar-refractivity contribution in [3.8, 4) is 5.75 Å². The summed E-state index contributed by atoms with van der Waals surface area (Å²) in [7, 11) is -5.44. The number of hydrogen-bond acceptors (Lipinski definition) is 6. The topological polar surface area (TPSA) is 116 Å². The van der Waals surface area contributed by atoms with Gasteiger partial charge in [0, 0.05) is 18.2 Å². The van der Waals surface area contributed by atoms with Gasteiger partial charge in [-0.15, -0.1) is 0 Å². The van der Waals surface area contributed by atoms with Crippen LogP contribution in [0.25, 0.3) is 0 Å². The van der Waals surface area contributed by atoms with Gasteiger partial charge >= 0.3 is 0 Å². The summed E-state index contributed by atoms with van der Waals surface area (Å²) in [6.45, 7) is 0.143. The van der Waals surface area contributed by atoms with Crippen molar-refractivity contribution < 1.29 is 21.6 Å². The normalized spacial score (nSPS) is 21.3. The minimum atomic E-state index is -3.78. The average Bonchev–Trinajstić information content (AvgIpc) is 2.76. The monoisotopic (exact) mass is 334 g/mol. The lowest BCUT2D eigenvalue weighted by molar-refractivity contribution is 0.409. The number of ether oxygens (including phenoxy) is 1. The van der Waals surface area contributed by atoms with Gasteiger partial charge in [-0.25, -0.2) is 21.6 Å². The molecule has 7 nitrogen and oxygen atoms in total. The summed E-state index contributed by atoms with van der Waals surface area (Å²) in [5.74, 6) is 0.364. The molecule has 0 radical (unpaired) electrons. The molecular formula is C12H18N2O5S2. The van der Waals surface area contributed by atoms with Crippen molar-refractivity contribution in [3.05, 3.63) is 23.8 Å². The van der Waals surface area contributed by atoms with Crippen LogP contribution in [0.3, 0.4) is 0 Å². The van der Waals surface area contributed by atoms with Gasteiger partial charge in [0.15, 0.2) is 9.84 Å². The molecule has 1 aliphatic rings. The summed E-state index contributed by atoms with van der Waals surface area (Å²) in [5.41, 5.74) is 6.13. The van der Waals surface area contributed by atoms with Crippen molar-refractivity contribution in [2.75, 3.05) is 18.6 Å². The molecule has 2 rings (SSSR count). The third-order valence-electron chi connectivity index (χ3n) is 3.34. The van der Waals surface area contributed by atoms with Gasteiger partial charge in [-0.05, 0) is 24.6 Å². The van der Waals surface area contributed by atoms with Crippen molar-refractivity contribution in [2.24, 2.45) is 5.73 Å². The number of benzene rings is 1. The van der Waals surface area contributed by atoms with Gasteiger partial charge in [0.25, 0.3) is 0 Å². The van der Waals surface area contributed by atoms with E-state index < -0.39 is 25.9 Å². The maximum atomic E-state index is 12.3. The third-order valence-corrected chi connectivity index (χ3v) is 6.62. The highest BCUT2D eigenvalue weighted by Gasteiger charge is 2.31. The van der Waals surface area contributed by atoms with Crippen molar-refractivity contribution in [1.29, 1.82) is 0 Å². The molecule has 1 fully saturated rings. The summed E-state index contributed by atoms with van der Waals surface area (Å²) in [6.07, 6.45) is 0.293. The van der Waals surface area contributed by atoms with E-state index >= 15 is 0 Å². The number of nitrogens with one attached hydrogen (secondary N) is 1. The van der Waals surface area contributed by atoms with E-state index in [1.165, 1.54) is 25.3 Å². The van der Waals surface area contributed by atoms with Crippen LogP contribution in [-0.2, 0) is 26.4 Å². The fourth-order valence-corrected chi connectivity index (χ4v) is 5.36. The largest absolute Gasteiger partial charge is 0.496 e. The van der Waals surface area contributed by atoms with E-state index in [0.29, 0.717) is 17.7 Å². The number of methoxy groups -OCH3 is 1. The fraction of sp³-hybridized carbons (Fsp3) is 0.500. The van der Waals surface area contributed by atoms with Gasteiger partial charge in [0.05, 0.1) is 23.5 Å². The highest BCUT2D eigenvalue weighted by molar-refractivity contribution is 7.92. The second-order valence-electron chi connectivity index (χ2n) is 4.90. The molecule has 1 aromatic carbocycles. The molecule has 118 valence electrons. The van der Waals surface area contributed by atoms with E-state index in [4.69, 9.17) is 10.5 Å². The highest BCUT2D eigenvalue weighted by Crippen LogP contribution is 2.23. The number of hydrogen-bond donors (Lipinski definition) is 2. The van der Waals surface area contributed by atoms with Crippen molar-refractivity contribution in [1.82, 2.24) is 4.72 Å². The summed E-state index contributed by atoms with van der Waals surface area (Å²) in [5, 5.41) is 0. The first-order valence-corrected chi connectivity index (χ1v) is 9.67. The standard InChI is InChI=1S/C12H18N2O5S2/c1-19-12-3-2-11(6-9(12)7-13)21(17,18)14-10-4-5-20(15,16)8-10/h2-3,6,10,14H,4-5,7-8,13H2,1H3. The second-order valence-corrected chi connectivity index (χ2v) is 8.84. The molecule has 9 heteroatoms. The first kappa shape index (κ1) is 16.2. The van der Waals surface area contributed by atoms with E-state index in [-0.39, 0.29) is 22.9 Å². The van der Waals surface area contributed by atoms with E-state index in [1.54, 1.807) is 0 Å². The molecule has 0 aliphatic carbocycles. The zero-order valence-corrected chi connectivity index (χ0v) is 13.2. The molecule has 3 N–H and O–H groups in total. The van der Waals surface area contributed by atoms with Crippen LogP contribution >= 0.6 is 0 Å². The fourth-order valence-electron chi connectivity index (χ4n) is 2.26. The smallest absolute Gasteiger partial charge is 0.240 e. The Balaban J connectivity index is 2.24. The van der Waals surface area contributed by atoms with Crippen LogP contribution in [0.5, 0.6) is 5.75 Å². The van der Waals surface area contributed by atoms with E-state index in [1.807, 2.05) is 0 Å². The minimum Gasteiger partial charge on any atom is -0.496 e. The SMILES string of the molecule is COc1ccc(S(=O)(=O)NC2CCS(=O)(=O)C2)cc1CN. The maximum Gasteiger partial charge on any atom is 0.240 e. The van der Waals surface area contributed by atoms with Crippen molar-refractivity contribution in [2.45, 2.75) is 23.9 Å². The molecule has 0 saturated carbocycles. The van der Waals surface area contributed by atoms with Gasteiger partial charge in [0.1, 0.15) is 5.75 Å². The van der Waals surface area contributed by atoms with Crippen molar-refractivity contribution in [3.63, 3.8) is 0 Å². The van der Waals surface area contributed by atoms with E-state index in [9.17, 15) is 16.8 Å². The molecule has 21 heavy (non-hydrogen) atoms. The Morgan fingerprint density at radius 1 is 1.43 bits per heavy atom. The van der Waals surface area contributed by atoms with Crippen LogP contribution in [0.4, 0.5) is 0 Å². The Bertz CT molecular complexity index is 728. The Labute approximate surface area is 124 Å². The lowest BCUT2D eigenvalue weighted by Crippen LogP contribution is -2.35. The molecular weight excluding hydrogens is 316 g/mol. The molecule has 0 aromatic heterocycles. The van der Waals surface area contributed by atoms with E-state index in [2.05, 4.69) is 4.72 Å². The quantitative estimate of drug-likeness (QED) is 0.758. The maximum absolute atomic E-state index is 12.3. The number of rotatable bonds is 5. The lowest BCUT2D eigenvalue weighted by atomic mass is 10.2. The van der Waals surface area contributed by atoms with E-state index in [0.717, 1.165) is 0 Å². The molecule has 1 saturated heterocycles. The van der Waals surface area contributed by atoms with Gasteiger partial charge < -0.3 is 10.5 Å². The molecule has 0 spiro atoms. The predicted octanol–water partition coefficient (Wildman–Crippen LogP) is -0.381. The zero-order valence-electron chi connectivity index (χ0n) is 11.6. The number of sulfone groups is 1. The number of sulfonamides is 1. The molecule has 1 atom stereocenters. The first-order valence-electron chi connectivity index (χ1n) is 6.37. The molecule has 1 unspecified atom stereocenters. The summed E-state index contributed by atoms with van der Waals surface area (Å²) >= 11 is 0. The molecule has 0 amide bonds. The third kappa shape index (κ3) is 3.73. The first-order chi connectivity index (χ1) is 9.77. The lowest BCUT2D eigenvalue weighted by Gasteiger charge is -2.13. The van der Waals surface area contributed by atoms with Crippen LogP contribution in [0.1, 0.15) is 12.0 Å². The van der Waals surface area contributed by atoms with Crippen LogP contribution in [0, 0.1) is 0 Å². The van der Waals surface area contributed by atoms with Crippen LogP contribution in [-0.4, -0.2) is 41.5 Å². The minimum absolute atomic E-state index is 0.0108. The van der Waals surface area contributed by atoms with Gasteiger partial charge in [-0.2, -0.15) is 0 Å². The van der Waals surface area contributed by atoms with Gasteiger partial charge in [-0.3, -0.25) is 0 Å².